The van der Waals surface area contributed by atoms with Gasteiger partial charge in [-0.25, -0.2) is 0 Å². The minimum absolute atomic E-state index is 0.0337. The Kier molecular flexibility index (Phi) is 8.17. The van der Waals surface area contributed by atoms with Crippen LogP contribution in [-0.4, -0.2) is 54.3 Å². The van der Waals surface area contributed by atoms with Crippen molar-refractivity contribution in [1.82, 2.24) is 0 Å². The first-order valence-electron chi connectivity index (χ1n) is 9.76. The molecule has 3 rings (SSSR count). The molecule has 1 aliphatic heterocycles. The Hall–Kier alpha value is -1.98. The molecule has 178 valence electrons. The molecule has 33 heavy (non-hydrogen) atoms. The number of thiocyanates is 1. The molecule has 2 aromatic carbocycles. The van der Waals surface area contributed by atoms with E-state index in [2.05, 4.69) is 0 Å². The van der Waals surface area contributed by atoms with E-state index in [0.29, 0.717) is 11.8 Å². The molecule has 1 saturated heterocycles. The van der Waals surface area contributed by atoms with E-state index in [1.807, 2.05) is 19.2 Å². The molecule has 0 aromatic heterocycles. The highest BCUT2D eigenvalue weighted by molar-refractivity contribution is 8.04. The fourth-order valence-electron chi connectivity index (χ4n) is 3.16. The number of hydrogen-bond acceptors (Lipinski definition) is 10. The van der Waals surface area contributed by atoms with Crippen LogP contribution in [0, 0.1) is 24.5 Å². The van der Waals surface area contributed by atoms with Crippen molar-refractivity contribution >= 4 is 32.0 Å². The van der Waals surface area contributed by atoms with Gasteiger partial charge in [0.1, 0.15) is 17.6 Å². The predicted octanol–water partition coefficient (Wildman–Crippen LogP) is 2.74. The van der Waals surface area contributed by atoms with E-state index in [1.54, 1.807) is 24.3 Å². The van der Waals surface area contributed by atoms with Crippen molar-refractivity contribution in [1.29, 1.82) is 5.26 Å². The van der Waals surface area contributed by atoms with Crippen LogP contribution in [0.3, 0.4) is 0 Å². The van der Waals surface area contributed by atoms with Crippen molar-refractivity contribution in [3.05, 3.63) is 59.7 Å². The van der Waals surface area contributed by atoms with Gasteiger partial charge in [0.25, 0.3) is 20.2 Å². The zero-order chi connectivity index (χ0) is 24.2. The van der Waals surface area contributed by atoms with Gasteiger partial charge < -0.3 is 9.47 Å². The van der Waals surface area contributed by atoms with Crippen LogP contribution in [0.1, 0.15) is 11.1 Å². The van der Waals surface area contributed by atoms with Gasteiger partial charge in [0.2, 0.25) is 0 Å². The number of nitriles is 1. The number of hydrogen-bond donors (Lipinski definition) is 0. The van der Waals surface area contributed by atoms with Gasteiger partial charge in [-0.05, 0) is 49.9 Å². The third kappa shape index (κ3) is 6.13. The van der Waals surface area contributed by atoms with Crippen molar-refractivity contribution < 1.29 is 34.7 Å². The lowest BCUT2D eigenvalue weighted by atomic mass is 10.2. The number of ether oxygens (including phenoxy) is 2. The molecule has 0 aliphatic carbocycles. The van der Waals surface area contributed by atoms with Crippen LogP contribution < -0.4 is 0 Å². The summed E-state index contributed by atoms with van der Waals surface area (Å²) in [5.41, 5.74) is 1.76. The van der Waals surface area contributed by atoms with Gasteiger partial charge in [-0.1, -0.05) is 35.4 Å². The summed E-state index contributed by atoms with van der Waals surface area (Å²) in [5.74, 6) is 0. The normalized spacial score (nSPS) is 23.3. The monoisotopic (exact) mass is 513 g/mol. The summed E-state index contributed by atoms with van der Waals surface area (Å²) in [7, 11) is -7.02. The third-order valence-electron chi connectivity index (χ3n) is 4.93. The van der Waals surface area contributed by atoms with Gasteiger partial charge >= 0.3 is 0 Å². The molecule has 1 fully saturated rings. The second-order valence-electron chi connectivity index (χ2n) is 7.33. The first-order valence-corrected chi connectivity index (χ1v) is 13.5. The summed E-state index contributed by atoms with van der Waals surface area (Å²) in [5, 5.41) is 10.2. The van der Waals surface area contributed by atoms with Crippen LogP contribution in [0.15, 0.2) is 58.3 Å². The highest BCUT2D eigenvalue weighted by atomic mass is 32.2. The Bertz CT molecular complexity index is 1210. The molecule has 0 amide bonds. The first kappa shape index (κ1) is 25.6. The molecule has 1 aliphatic rings. The summed E-state index contributed by atoms with van der Waals surface area (Å²) >= 11 is 0.697. The van der Waals surface area contributed by atoms with Crippen molar-refractivity contribution in [3.63, 3.8) is 0 Å². The van der Waals surface area contributed by atoms with Gasteiger partial charge in [0.15, 0.2) is 6.29 Å². The predicted molar refractivity (Wildman–Crippen MR) is 120 cm³/mol. The lowest BCUT2D eigenvalue weighted by Gasteiger charge is -2.20. The Balaban J connectivity index is 1.79. The van der Waals surface area contributed by atoms with Crippen LogP contribution in [0.4, 0.5) is 0 Å². The topological polar surface area (TPSA) is 129 Å². The third-order valence-corrected chi connectivity index (χ3v) is 8.50. The maximum atomic E-state index is 12.8. The zero-order valence-corrected chi connectivity index (χ0v) is 20.5. The molecular weight excluding hydrogens is 490 g/mol. The van der Waals surface area contributed by atoms with Gasteiger partial charge in [-0.3, -0.25) is 8.37 Å². The second kappa shape index (κ2) is 10.5. The van der Waals surface area contributed by atoms with Crippen molar-refractivity contribution in [2.45, 2.75) is 47.4 Å². The lowest BCUT2D eigenvalue weighted by molar-refractivity contribution is -0.146. The van der Waals surface area contributed by atoms with E-state index < -0.39 is 50.6 Å². The highest BCUT2D eigenvalue weighted by Crippen LogP contribution is 2.36. The molecule has 0 N–H and O–H groups in total. The molecule has 0 spiro atoms. The van der Waals surface area contributed by atoms with Crippen LogP contribution in [0.5, 0.6) is 0 Å². The molecule has 0 radical (unpaired) electrons. The van der Waals surface area contributed by atoms with E-state index in [1.165, 1.54) is 31.4 Å². The molecular formula is C21H23NO8S3. The number of rotatable bonds is 9. The summed E-state index contributed by atoms with van der Waals surface area (Å²) in [6.45, 7) is 3.18. The van der Waals surface area contributed by atoms with E-state index in [-0.39, 0.29) is 9.79 Å². The number of nitrogens with zero attached hydrogens (tertiary/aromatic N) is 1. The van der Waals surface area contributed by atoms with Gasteiger partial charge in [-0.15, -0.1) is 0 Å². The van der Waals surface area contributed by atoms with Crippen LogP contribution in [-0.2, 0) is 38.1 Å². The fraction of sp³-hybridized carbons (Fsp3) is 0.381. The SMILES string of the molecule is CO[C@@H]1O[C@H](COS(=O)(=O)c2ccc(C)cc2)[C@H](SC#N)[C@@H]1OS(=O)(=O)c1ccc(C)cc1. The first-order chi connectivity index (χ1) is 15.6. The molecule has 0 unspecified atom stereocenters. The summed E-state index contributed by atoms with van der Waals surface area (Å²) in [6, 6.07) is 12.2. The average Bonchev–Trinajstić information content (AvgIpc) is 3.09. The second-order valence-corrected chi connectivity index (χ2v) is 11.5. The minimum Gasteiger partial charge on any atom is -0.353 e. The Morgan fingerprint density at radius 2 is 1.45 bits per heavy atom. The van der Waals surface area contributed by atoms with Crippen molar-refractivity contribution in [2.24, 2.45) is 0 Å². The lowest BCUT2D eigenvalue weighted by Crippen LogP contribution is -2.37. The standard InChI is InChI=1S/C21H23NO8S3/c1-14-4-8-16(9-5-14)32(23,24)28-12-18-20(31-13-22)19(21(27-3)29-18)30-33(25,26)17-10-6-15(2)7-11-17/h4-11,18-21H,12H2,1-3H3/t18-,19+,20+,21-/m1/s1. The summed E-state index contributed by atoms with van der Waals surface area (Å²) in [6.07, 6.45) is -3.36. The van der Waals surface area contributed by atoms with Crippen molar-refractivity contribution in [2.75, 3.05) is 13.7 Å². The Labute approximate surface area is 197 Å². The number of methoxy groups -OCH3 is 1. The van der Waals surface area contributed by atoms with Crippen LogP contribution in [0.2, 0.25) is 0 Å². The quantitative estimate of drug-likeness (QED) is 0.364. The molecule has 1 heterocycles. The summed E-state index contributed by atoms with van der Waals surface area (Å²) in [4.78, 5) is -0.0982. The Morgan fingerprint density at radius 3 is 1.94 bits per heavy atom. The van der Waals surface area contributed by atoms with E-state index in [4.69, 9.17) is 17.8 Å². The highest BCUT2D eigenvalue weighted by Gasteiger charge is 2.49. The van der Waals surface area contributed by atoms with E-state index in [9.17, 15) is 22.1 Å². The molecule has 0 saturated carbocycles. The van der Waals surface area contributed by atoms with Gasteiger partial charge in [0.05, 0.1) is 21.6 Å². The van der Waals surface area contributed by atoms with Crippen molar-refractivity contribution in [3.8, 4) is 5.40 Å². The molecule has 4 atom stereocenters. The maximum absolute atomic E-state index is 12.8. The summed E-state index contributed by atoms with van der Waals surface area (Å²) < 4.78 is 72.1. The van der Waals surface area contributed by atoms with E-state index in [0.717, 1.165) is 11.1 Å². The number of thioether (sulfide) groups is 1. The molecule has 12 heteroatoms. The molecule has 0 bridgehead atoms. The number of aryl methyl sites for hydroxylation is 2. The fourth-order valence-corrected chi connectivity index (χ4v) is 5.96. The molecule has 9 nitrogen and oxygen atoms in total. The van der Waals surface area contributed by atoms with Gasteiger partial charge in [-0.2, -0.15) is 22.1 Å². The minimum atomic E-state index is -4.21. The number of benzene rings is 2. The maximum Gasteiger partial charge on any atom is 0.297 e. The van der Waals surface area contributed by atoms with Crippen LogP contribution in [0.25, 0.3) is 0 Å². The van der Waals surface area contributed by atoms with E-state index >= 15 is 0 Å². The zero-order valence-electron chi connectivity index (χ0n) is 18.1. The van der Waals surface area contributed by atoms with Gasteiger partial charge in [0, 0.05) is 7.11 Å². The largest absolute Gasteiger partial charge is 0.353 e. The smallest absolute Gasteiger partial charge is 0.297 e. The molecule has 2 aromatic rings. The van der Waals surface area contributed by atoms with Crippen LogP contribution >= 0.6 is 11.8 Å². The average molecular weight is 514 g/mol. The Morgan fingerprint density at radius 1 is 0.939 bits per heavy atom.